The van der Waals surface area contributed by atoms with E-state index in [4.69, 9.17) is 0 Å². The smallest absolute Gasteiger partial charge is 0.257 e. The van der Waals surface area contributed by atoms with Crippen LogP contribution < -0.4 is 5.32 Å². The summed E-state index contributed by atoms with van der Waals surface area (Å²) in [6, 6.07) is 0. The number of alkyl halides is 2. The van der Waals surface area contributed by atoms with Crippen LogP contribution >= 0.6 is 24.8 Å². The lowest BCUT2D eigenvalue weighted by Gasteiger charge is -2.25. The second-order valence-electron chi connectivity index (χ2n) is 2.81. The van der Waals surface area contributed by atoms with Crippen LogP contribution in [0.5, 0.6) is 0 Å². The number of nitrogens with one attached hydrogen (secondary N) is 1. The molecule has 1 aliphatic heterocycles. The van der Waals surface area contributed by atoms with Crippen molar-refractivity contribution in [2.45, 2.75) is 6.43 Å². The molecule has 6 heteroatoms. The molecule has 1 heterocycles. The molecule has 0 aliphatic carbocycles. The Morgan fingerprint density at radius 1 is 1.21 bits per heavy atom. The molecule has 0 atom stereocenters. The molecule has 1 saturated heterocycles. The van der Waals surface area contributed by atoms with Crippen molar-refractivity contribution < 1.29 is 8.78 Å². The zero-order valence-corrected chi connectivity index (χ0v) is 9.42. The van der Waals surface area contributed by atoms with E-state index in [2.05, 4.69) is 10.2 Å². The van der Waals surface area contributed by atoms with Crippen molar-refractivity contribution in [1.82, 2.24) is 10.2 Å². The zero-order valence-electron chi connectivity index (χ0n) is 7.79. The van der Waals surface area contributed by atoms with Gasteiger partial charge in [0.1, 0.15) is 0 Å². The Morgan fingerprint density at radius 3 is 2.29 bits per heavy atom. The molecule has 14 heavy (non-hydrogen) atoms. The molecule has 0 amide bonds. The van der Waals surface area contributed by atoms with Gasteiger partial charge in [0.2, 0.25) is 0 Å². The Balaban J connectivity index is 0. The number of hydrogen-bond donors (Lipinski definition) is 1. The van der Waals surface area contributed by atoms with Gasteiger partial charge in [0.05, 0.1) is 0 Å². The quantitative estimate of drug-likeness (QED) is 0.763. The molecule has 0 unspecified atom stereocenters. The highest BCUT2D eigenvalue weighted by atomic mass is 35.5. The predicted molar refractivity (Wildman–Crippen MR) is 58.9 cm³/mol. The third kappa shape index (κ3) is 7.50. The van der Waals surface area contributed by atoms with Crippen LogP contribution in [0.25, 0.3) is 0 Å². The van der Waals surface area contributed by atoms with Crippen LogP contribution in [-0.4, -0.2) is 44.0 Å². The zero-order chi connectivity index (χ0) is 8.81. The fraction of sp³-hybridized carbons (Fsp3) is 0.750. The predicted octanol–water partition coefficient (Wildman–Crippen LogP) is 1.56. The summed E-state index contributed by atoms with van der Waals surface area (Å²) in [6.45, 7) is 4.47. The first-order chi connectivity index (χ1) is 5.79. The second-order valence-corrected chi connectivity index (χ2v) is 2.81. The topological polar surface area (TPSA) is 15.3 Å². The largest absolute Gasteiger partial charge is 0.314 e. The lowest BCUT2D eigenvalue weighted by atomic mass is 10.3. The minimum absolute atomic E-state index is 0. The van der Waals surface area contributed by atoms with Crippen molar-refractivity contribution >= 4 is 24.8 Å². The first-order valence-corrected chi connectivity index (χ1v) is 4.17. The van der Waals surface area contributed by atoms with Gasteiger partial charge in [0, 0.05) is 32.7 Å². The average Bonchev–Trinajstić information content (AvgIpc) is 2.05. The maximum atomic E-state index is 11.7. The lowest BCUT2D eigenvalue weighted by Crippen LogP contribution is -2.43. The normalized spacial score (nSPS) is 17.9. The molecule has 0 radical (unpaired) electrons. The maximum absolute atomic E-state index is 11.7. The van der Waals surface area contributed by atoms with Crippen molar-refractivity contribution in [3.05, 3.63) is 12.2 Å². The number of nitrogens with zero attached hydrogens (tertiary/aromatic N) is 1. The molecular weight excluding hydrogens is 233 g/mol. The van der Waals surface area contributed by atoms with E-state index in [1.807, 2.05) is 0 Å². The second kappa shape index (κ2) is 9.65. The van der Waals surface area contributed by atoms with Crippen molar-refractivity contribution in [2.24, 2.45) is 0 Å². The minimum Gasteiger partial charge on any atom is -0.314 e. The Hall–Kier alpha value is 0.100. The third-order valence-electron chi connectivity index (χ3n) is 1.85. The number of hydrogen-bond acceptors (Lipinski definition) is 2. The van der Waals surface area contributed by atoms with Crippen LogP contribution in [0.2, 0.25) is 0 Å². The van der Waals surface area contributed by atoms with Crippen molar-refractivity contribution in [3.8, 4) is 0 Å². The highest BCUT2D eigenvalue weighted by Gasteiger charge is 2.06. The Bertz CT molecular complexity index is 150. The molecule has 0 aromatic carbocycles. The Morgan fingerprint density at radius 2 is 1.79 bits per heavy atom. The van der Waals surface area contributed by atoms with E-state index in [0.29, 0.717) is 6.54 Å². The Kier molecular flexibility index (Phi) is 11.4. The van der Waals surface area contributed by atoms with E-state index in [1.165, 1.54) is 6.08 Å². The SMILES string of the molecule is Cl.Cl.FC(F)/C=C/CN1CCNCC1. The minimum atomic E-state index is -2.31. The number of rotatable bonds is 3. The van der Waals surface area contributed by atoms with Crippen LogP contribution in [0.1, 0.15) is 0 Å². The molecule has 0 saturated carbocycles. The first kappa shape index (κ1) is 16.5. The maximum Gasteiger partial charge on any atom is 0.257 e. The Labute approximate surface area is 95.5 Å². The highest BCUT2D eigenvalue weighted by molar-refractivity contribution is 5.85. The summed E-state index contributed by atoms with van der Waals surface area (Å²) in [7, 11) is 0. The summed E-state index contributed by atoms with van der Waals surface area (Å²) in [4.78, 5) is 2.15. The highest BCUT2D eigenvalue weighted by Crippen LogP contribution is 1.96. The summed E-state index contributed by atoms with van der Waals surface area (Å²) < 4.78 is 23.3. The molecule has 1 fully saturated rings. The van der Waals surface area contributed by atoms with E-state index in [9.17, 15) is 8.78 Å². The molecule has 2 nitrogen and oxygen atoms in total. The summed E-state index contributed by atoms with van der Waals surface area (Å²) in [5, 5.41) is 3.20. The van der Waals surface area contributed by atoms with Crippen molar-refractivity contribution in [1.29, 1.82) is 0 Å². The van der Waals surface area contributed by atoms with E-state index in [0.717, 1.165) is 32.3 Å². The van der Waals surface area contributed by atoms with Gasteiger partial charge in [0.15, 0.2) is 0 Å². The van der Waals surface area contributed by atoms with E-state index in [1.54, 1.807) is 0 Å². The summed E-state index contributed by atoms with van der Waals surface area (Å²) >= 11 is 0. The first-order valence-electron chi connectivity index (χ1n) is 4.17. The number of allylic oxidation sites excluding steroid dienone is 1. The van der Waals surface area contributed by atoms with Gasteiger partial charge in [0.25, 0.3) is 6.43 Å². The van der Waals surface area contributed by atoms with Crippen LogP contribution in [0.4, 0.5) is 8.78 Å². The third-order valence-corrected chi connectivity index (χ3v) is 1.85. The number of piperazine rings is 1. The molecule has 0 aromatic rings. The van der Waals surface area contributed by atoms with Gasteiger partial charge in [-0.05, 0) is 6.08 Å². The van der Waals surface area contributed by atoms with Gasteiger partial charge in [-0.25, -0.2) is 8.78 Å². The van der Waals surface area contributed by atoms with Gasteiger partial charge in [-0.1, -0.05) is 6.08 Å². The molecule has 0 bridgehead atoms. The summed E-state index contributed by atoms with van der Waals surface area (Å²) in [6.07, 6.45) is 0.172. The van der Waals surface area contributed by atoms with E-state index in [-0.39, 0.29) is 24.8 Å². The van der Waals surface area contributed by atoms with Crippen LogP contribution in [0.15, 0.2) is 12.2 Å². The molecule has 0 spiro atoms. The van der Waals surface area contributed by atoms with E-state index < -0.39 is 6.43 Å². The van der Waals surface area contributed by atoms with E-state index >= 15 is 0 Å². The van der Waals surface area contributed by atoms with Crippen LogP contribution in [0.3, 0.4) is 0 Å². The molecule has 1 N–H and O–H groups in total. The van der Waals surface area contributed by atoms with Gasteiger partial charge < -0.3 is 5.32 Å². The fourth-order valence-corrected chi connectivity index (χ4v) is 1.21. The monoisotopic (exact) mass is 248 g/mol. The summed E-state index contributed by atoms with van der Waals surface area (Å²) in [5.74, 6) is 0. The lowest BCUT2D eigenvalue weighted by molar-refractivity contribution is 0.202. The van der Waals surface area contributed by atoms with Gasteiger partial charge in [-0.3, -0.25) is 4.90 Å². The standard InChI is InChI=1S/C8H14F2N2.2ClH/c9-8(10)2-1-5-12-6-3-11-4-7-12;;/h1-2,8,11H,3-7H2;2*1H/b2-1+;;. The molecule has 1 rings (SSSR count). The molecule has 1 aliphatic rings. The molecule has 0 aromatic heterocycles. The van der Waals surface area contributed by atoms with Gasteiger partial charge in [-0.2, -0.15) is 0 Å². The van der Waals surface area contributed by atoms with Crippen LogP contribution in [0, 0.1) is 0 Å². The average molecular weight is 249 g/mol. The molecular formula is C8H16Cl2F2N2. The summed E-state index contributed by atoms with van der Waals surface area (Å²) in [5.41, 5.74) is 0. The van der Waals surface area contributed by atoms with Gasteiger partial charge >= 0.3 is 0 Å². The fourth-order valence-electron chi connectivity index (χ4n) is 1.21. The van der Waals surface area contributed by atoms with Crippen molar-refractivity contribution in [2.75, 3.05) is 32.7 Å². The number of halogens is 4. The van der Waals surface area contributed by atoms with Crippen LogP contribution in [-0.2, 0) is 0 Å². The molecule has 86 valence electrons. The van der Waals surface area contributed by atoms with Gasteiger partial charge in [-0.15, -0.1) is 24.8 Å². The van der Waals surface area contributed by atoms with Crippen molar-refractivity contribution in [3.63, 3.8) is 0 Å².